The van der Waals surface area contributed by atoms with Gasteiger partial charge in [0.1, 0.15) is 6.04 Å². The van der Waals surface area contributed by atoms with E-state index in [1.165, 1.54) is 24.3 Å². The van der Waals surface area contributed by atoms with Gasteiger partial charge in [0.15, 0.2) is 0 Å². The lowest BCUT2D eigenvalue weighted by Gasteiger charge is -2.27. The van der Waals surface area contributed by atoms with Gasteiger partial charge < -0.3 is 0 Å². The highest BCUT2D eigenvalue weighted by atomic mass is 35.5. The number of sulfonamides is 1. The number of halogens is 2. The molecule has 4 rings (SSSR count). The van der Waals surface area contributed by atoms with Gasteiger partial charge in [0, 0.05) is 16.6 Å². The summed E-state index contributed by atoms with van der Waals surface area (Å²) in [4.78, 5) is 27.2. The molecule has 170 valence electrons. The first kappa shape index (κ1) is 23.4. The molecule has 1 saturated heterocycles. The van der Waals surface area contributed by atoms with Crippen molar-refractivity contribution in [3.8, 4) is 0 Å². The largest absolute Gasteiger partial charge is 0.274 e. The molecule has 1 atom stereocenters. The Bertz CT molecular complexity index is 1290. The SMILES string of the molecule is Cc1ccc(CN(C2CC(=O)N(c3ccc(Cl)cc3)C2=O)S(=O)(=O)c2ccc(Cl)cc2)cc1. The fraction of sp³-hybridized carbons (Fsp3) is 0.167. The topological polar surface area (TPSA) is 74.8 Å². The highest BCUT2D eigenvalue weighted by molar-refractivity contribution is 7.89. The second kappa shape index (κ2) is 9.27. The second-order valence-electron chi connectivity index (χ2n) is 7.75. The molecule has 0 spiro atoms. The summed E-state index contributed by atoms with van der Waals surface area (Å²) in [7, 11) is -4.12. The van der Waals surface area contributed by atoms with Crippen molar-refractivity contribution in [1.29, 1.82) is 0 Å². The maximum atomic E-state index is 13.6. The van der Waals surface area contributed by atoms with Crippen molar-refractivity contribution < 1.29 is 18.0 Å². The minimum absolute atomic E-state index is 0.01000. The first-order valence-corrected chi connectivity index (χ1v) is 12.3. The number of amides is 2. The van der Waals surface area contributed by atoms with E-state index in [2.05, 4.69) is 0 Å². The summed E-state index contributed by atoms with van der Waals surface area (Å²) in [6, 6.07) is 18.1. The van der Waals surface area contributed by atoms with Crippen LogP contribution in [0.2, 0.25) is 10.0 Å². The summed E-state index contributed by atoms with van der Waals surface area (Å²) in [6.07, 6.45) is -0.264. The molecular formula is C24H20Cl2N2O4S. The van der Waals surface area contributed by atoms with Crippen LogP contribution in [0.25, 0.3) is 0 Å². The van der Waals surface area contributed by atoms with Gasteiger partial charge >= 0.3 is 0 Å². The lowest BCUT2D eigenvalue weighted by Crippen LogP contribution is -2.45. The molecule has 0 saturated carbocycles. The quantitative estimate of drug-likeness (QED) is 0.452. The zero-order chi connectivity index (χ0) is 23.8. The fourth-order valence-electron chi connectivity index (χ4n) is 3.68. The lowest BCUT2D eigenvalue weighted by molar-refractivity contribution is -0.122. The molecule has 2 amide bonds. The van der Waals surface area contributed by atoms with Crippen LogP contribution in [-0.4, -0.2) is 30.6 Å². The second-order valence-corrected chi connectivity index (χ2v) is 10.5. The van der Waals surface area contributed by atoms with E-state index in [-0.39, 0.29) is 17.9 Å². The minimum Gasteiger partial charge on any atom is -0.274 e. The Morgan fingerprint density at radius 2 is 1.42 bits per heavy atom. The predicted molar refractivity (Wildman–Crippen MR) is 128 cm³/mol. The van der Waals surface area contributed by atoms with E-state index in [1.807, 2.05) is 19.1 Å². The molecule has 9 heteroatoms. The monoisotopic (exact) mass is 502 g/mol. The van der Waals surface area contributed by atoms with E-state index in [0.29, 0.717) is 21.3 Å². The molecule has 33 heavy (non-hydrogen) atoms. The van der Waals surface area contributed by atoms with Gasteiger partial charge in [-0.3, -0.25) is 9.59 Å². The van der Waals surface area contributed by atoms with Crippen molar-refractivity contribution in [2.75, 3.05) is 4.90 Å². The van der Waals surface area contributed by atoms with Crippen molar-refractivity contribution in [1.82, 2.24) is 4.31 Å². The van der Waals surface area contributed by atoms with Crippen LogP contribution in [0.15, 0.2) is 77.7 Å². The number of hydrogen-bond acceptors (Lipinski definition) is 4. The van der Waals surface area contributed by atoms with Gasteiger partial charge in [-0.2, -0.15) is 4.31 Å². The summed E-state index contributed by atoms with van der Waals surface area (Å²) in [5.74, 6) is -1.08. The molecule has 1 aliphatic rings. The number of anilines is 1. The third-order valence-corrected chi connectivity index (χ3v) is 7.81. The molecule has 0 radical (unpaired) electrons. The average Bonchev–Trinajstić information content (AvgIpc) is 3.07. The van der Waals surface area contributed by atoms with Gasteiger partial charge in [-0.25, -0.2) is 13.3 Å². The molecular weight excluding hydrogens is 483 g/mol. The molecule has 3 aromatic carbocycles. The van der Waals surface area contributed by atoms with E-state index >= 15 is 0 Å². The third kappa shape index (κ3) is 4.82. The van der Waals surface area contributed by atoms with Crippen LogP contribution in [0, 0.1) is 6.92 Å². The first-order valence-electron chi connectivity index (χ1n) is 10.1. The van der Waals surface area contributed by atoms with Crippen LogP contribution < -0.4 is 4.90 Å². The minimum atomic E-state index is -4.12. The van der Waals surface area contributed by atoms with Crippen LogP contribution in [0.4, 0.5) is 5.69 Å². The Hall–Kier alpha value is -2.71. The summed E-state index contributed by atoms with van der Waals surface area (Å²) in [6.45, 7) is 1.86. The van der Waals surface area contributed by atoms with Crippen LogP contribution >= 0.6 is 23.2 Å². The molecule has 1 unspecified atom stereocenters. The van der Waals surface area contributed by atoms with E-state index in [9.17, 15) is 18.0 Å². The number of carbonyl (C=O) groups is 2. The Kier molecular flexibility index (Phi) is 6.59. The molecule has 1 heterocycles. The van der Waals surface area contributed by atoms with E-state index in [4.69, 9.17) is 23.2 Å². The van der Waals surface area contributed by atoms with Crippen LogP contribution in [0.3, 0.4) is 0 Å². The molecule has 1 aliphatic heterocycles. The normalized spacial score (nSPS) is 16.6. The van der Waals surface area contributed by atoms with E-state index < -0.39 is 27.9 Å². The van der Waals surface area contributed by atoms with Crippen molar-refractivity contribution in [2.45, 2.75) is 30.8 Å². The highest BCUT2D eigenvalue weighted by Gasteiger charge is 2.47. The average molecular weight is 503 g/mol. The van der Waals surface area contributed by atoms with Crippen molar-refractivity contribution in [2.24, 2.45) is 0 Å². The Balaban J connectivity index is 1.74. The number of rotatable bonds is 6. The molecule has 0 bridgehead atoms. The summed E-state index contributed by atoms with van der Waals surface area (Å²) in [5, 5.41) is 0.848. The van der Waals surface area contributed by atoms with Crippen molar-refractivity contribution in [3.63, 3.8) is 0 Å². The Morgan fingerprint density at radius 1 is 0.879 bits per heavy atom. The smallest absolute Gasteiger partial charge is 0.252 e. The van der Waals surface area contributed by atoms with Crippen LogP contribution in [-0.2, 0) is 26.2 Å². The van der Waals surface area contributed by atoms with Gasteiger partial charge in [0.25, 0.3) is 5.91 Å². The van der Waals surface area contributed by atoms with E-state index in [1.54, 1.807) is 36.4 Å². The standard InChI is InChI=1S/C24H20Cl2N2O4S/c1-16-2-4-17(5-3-16)15-27(33(31,32)21-12-8-19(26)9-13-21)22-14-23(29)28(24(22)30)20-10-6-18(25)7-11-20/h2-13,22H,14-15H2,1H3. The summed E-state index contributed by atoms with van der Waals surface area (Å²) >= 11 is 11.9. The van der Waals surface area contributed by atoms with Gasteiger partial charge in [-0.05, 0) is 61.0 Å². The maximum Gasteiger partial charge on any atom is 0.252 e. The number of carbonyl (C=O) groups excluding carboxylic acids is 2. The Labute approximate surface area is 202 Å². The van der Waals surface area contributed by atoms with Gasteiger partial charge in [0.2, 0.25) is 15.9 Å². The third-order valence-electron chi connectivity index (χ3n) is 5.43. The molecule has 6 nitrogen and oxygen atoms in total. The highest BCUT2D eigenvalue weighted by Crippen LogP contribution is 2.31. The zero-order valence-electron chi connectivity index (χ0n) is 17.6. The predicted octanol–water partition coefficient (Wildman–Crippen LogP) is 4.82. The number of hydrogen-bond donors (Lipinski definition) is 0. The molecule has 0 aromatic heterocycles. The van der Waals surface area contributed by atoms with Crippen LogP contribution in [0.5, 0.6) is 0 Å². The summed E-state index contributed by atoms with van der Waals surface area (Å²) < 4.78 is 28.3. The number of aryl methyl sites for hydroxylation is 1. The lowest BCUT2D eigenvalue weighted by atomic mass is 10.1. The zero-order valence-corrected chi connectivity index (χ0v) is 19.9. The number of nitrogens with zero attached hydrogens (tertiary/aromatic N) is 2. The van der Waals surface area contributed by atoms with E-state index in [0.717, 1.165) is 14.8 Å². The number of benzene rings is 3. The molecule has 0 aliphatic carbocycles. The number of imide groups is 1. The van der Waals surface area contributed by atoms with Crippen LogP contribution in [0.1, 0.15) is 17.5 Å². The Morgan fingerprint density at radius 3 is 2.00 bits per heavy atom. The van der Waals surface area contributed by atoms with Gasteiger partial charge in [-0.1, -0.05) is 53.0 Å². The molecule has 3 aromatic rings. The van der Waals surface area contributed by atoms with Crippen molar-refractivity contribution >= 4 is 50.7 Å². The van der Waals surface area contributed by atoms with Gasteiger partial charge in [-0.15, -0.1) is 0 Å². The molecule has 0 N–H and O–H groups in total. The fourth-order valence-corrected chi connectivity index (χ4v) is 5.50. The van der Waals surface area contributed by atoms with Gasteiger partial charge in [0.05, 0.1) is 17.0 Å². The first-order chi connectivity index (χ1) is 15.7. The molecule has 1 fully saturated rings. The maximum absolute atomic E-state index is 13.6. The summed E-state index contributed by atoms with van der Waals surface area (Å²) in [5.41, 5.74) is 2.06. The van der Waals surface area contributed by atoms with Crippen molar-refractivity contribution in [3.05, 3.63) is 94.0 Å².